The summed E-state index contributed by atoms with van der Waals surface area (Å²) < 4.78 is 0. The first kappa shape index (κ1) is 9.20. The average molecular weight is 184 g/mol. The number of hydrogen-bond donors (Lipinski definition) is 0. The second-order valence-corrected chi connectivity index (χ2v) is 3.23. The van der Waals surface area contributed by atoms with Crippen LogP contribution in [0, 0.1) is 6.92 Å². The molecule has 1 aromatic heterocycles. The highest BCUT2D eigenvalue weighted by atomic mass is 35.5. The van der Waals surface area contributed by atoms with Crippen molar-refractivity contribution in [1.82, 2.24) is 4.98 Å². The summed E-state index contributed by atoms with van der Waals surface area (Å²) in [4.78, 5) is 14.8. The monoisotopic (exact) mass is 183 g/mol. The fourth-order valence-electron chi connectivity index (χ4n) is 0.990. The molecule has 12 heavy (non-hydrogen) atoms. The van der Waals surface area contributed by atoms with Crippen LogP contribution in [0.5, 0.6) is 0 Å². The Morgan fingerprint density at radius 3 is 2.83 bits per heavy atom. The molecule has 0 saturated carbocycles. The lowest BCUT2D eigenvalue weighted by Crippen LogP contribution is -2.01. The van der Waals surface area contributed by atoms with Gasteiger partial charge < -0.3 is 0 Å². The van der Waals surface area contributed by atoms with Crippen LogP contribution < -0.4 is 0 Å². The molecule has 0 bridgehead atoms. The van der Waals surface area contributed by atoms with Gasteiger partial charge in [-0.2, -0.15) is 0 Å². The van der Waals surface area contributed by atoms with Gasteiger partial charge in [0, 0.05) is 12.6 Å². The fourth-order valence-corrected chi connectivity index (χ4v) is 1.20. The Morgan fingerprint density at radius 1 is 1.67 bits per heavy atom. The van der Waals surface area contributed by atoms with Crippen LogP contribution >= 0.6 is 11.6 Å². The van der Waals surface area contributed by atoms with E-state index in [0.717, 1.165) is 11.3 Å². The van der Waals surface area contributed by atoms with Gasteiger partial charge in [0.05, 0.1) is 10.7 Å². The van der Waals surface area contributed by atoms with Gasteiger partial charge in [-0.15, -0.1) is 0 Å². The maximum atomic E-state index is 10.8. The highest BCUT2D eigenvalue weighted by Gasteiger charge is 2.02. The Morgan fingerprint density at radius 2 is 2.33 bits per heavy atom. The maximum Gasteiger partial charge on any atom is 0.135 e. The van der Waals surface area contributed by atoms with E-state index in [1.54, 1.807) is 13.1 Å². The molecule has 1 rings (SSSR count). The largest absolute Gasteiger partial charge is 0.300 e. The van der Waals surface area contributed by atoms with Crippen molar-refractivity contribution in [1.29, 1.82) is 0 Å². The number of ketones is 1. The van der Waals surface area contributed by atoms with Gasteiger partial charge in [-0.3, -0.25) is 9.78 Å². The molecule has 0 spiro atoms. The molecule has 0 amide bonds. The number of nitrogens with zero attached hydrogens (tertiary/aromatic N) is 1. The summed E-state index contributed by atoms with van der Waals surface area (Å²) in [7, 11) is 0. The number of aryl methyl sites for hydroxylation is 1. The van der Waals surface area contributed by atoms with Crippen LogP contribution in [0.15, 0.2) is 12.3 Å². The molecule has 0 aromatic carbocycles. The third-order valence-electron chi connectivity index (χ3n) is 1.57. The SMILES string of the molecule is CC(=O)Cc1ncc(Cl)cc1C. The molecule has 1 aromatic rings. The normalized spacial score (nSPS) is 9.92. The van der Waals surface area contributed by atoms with Gasteiger partial charge in [0.2, 0.25) is 0 Å². The zero-order valence-corrected chi connectivity index (χ0v) is 7.85. The molecule has 0 fully saturated rings. The quantitative estimate of drug-likeness (QED) is 0.704. The van der Waals surface area contributed by atoms with E-state index in [2.05, 4.69) is 4.98 Å². The van der Waals surface area contributed by atoms with Crippen molar-refractivity contribution in [3.8, 4) is 0 Å². The Labute approximate surface area is 76.6 Å². The molecule has 0 saturated heterocycles. The number of carbonyl (C=O) groups excluding carboxylic acids is 1. The number of aromatic nitrogens is 1. The van der Waals surface area contributed by atoms with E-state index in [-0.39, 0.29) is 5.78 Å². The van der Waals surface area contributed by atoms with E-state index in [1.807, 2.05) is 13.0 Å². The van der Waals surface area contributed by atoms with Crippen molar-refractivity contribution in [2.75, 3.05) is 0 Å². The Balaban J connectivity index is 2.93. The Hall–Kier alpha value is -0.890. The predicted octanol–water partition coefficient (Wildman–Crippen LogP) is 2.17. The lowest BCUT2D eigenvalue weighted by atomic mass is 10.1. The number of pyridine rings is 1. The average Bonchev–Trinajstić information content (AvgIpc) is 1.94. The zero-order chi connectivity index (χ0) is 9.14. The van der Waals surface area contributed by atoms with Gasteiger partial charge in [-0.05, 0) is 25.5 Å². The highest BCUT2D eigenvalue weighted by molar-refractivity contribution is 6.30. The van der Waals surface area contributed by atoms with Crippen LogP contribution in [-0.2, 0) is 11.2 Å². The van der Waals surface area contributed by atoms with Gasteiger partial charge in [0.15, 0.2) is 0 Å². The summed E-state index contributed by atoms with van der Waals surface area (Å²) in [5, 5.41) is 0.611. The smallest absolute Gasteiger partial charge is 0.135 e. The summed E-state index contributed by atoms with van der Waals surface area (Å²) in [6, 6.07) is 1.81. The van der Waals surface area contributed by atoms with Gasteiger partial charge in [-0.1, -0.05) is 11.6 Å². The van der Waals surface area contributed by atoms with E-state index in [4.69, 9.17) is 11.6 Å². The lowest BCUT2D eigenvalue weighted by Gasteiger charge is -2.01. The number of halogens is 1. The molecular formula is C9H10ClNO. The van der Waals surface area contributed by atoms with Crippen LogP contribution in [-0.4, -0.2) is 10.8 Å². The number of carbonyl (C=O) groups is 1. The van der Waals surface area contributed by atoms with Gasteiger partial charge >= 0.3 is 0 Å². The summed E-state index contributed by atoms with van der Waals surface area (Å²) >= 11 is 5.71. The molecular weight excluding hydrogens is 174 g/mol. The van der Waals surface area contributed by atoms with Gasteiger partial charge in [-0.25, -0.2) is 0 Å². The van der Waals surface area contributed by atoms with Crippen molar-refractivity contribution < 1.29 is 4.79 Å². The van der Waals surface area contributed by atoms with Crippen LogP contribution in [0.25, 0.3) is 0 Å². The summed E-state index contributed by atoms with van der Waals surface area (Å²) in [6.07, 6.45) is 1.95. The zero-order valence-electron chi connectivity index (χ0n) is 7.10. The maximum absolute atomic E-state index is 10.8. The van der Waals surface area contributed by atoms with Crippen molar-refractivity contribution in [3.05, 3.63) is 28.5 Å². The van der Waals surface area contributed by atoms with Gasteiger partial charge in [0.25, 0.3) is 0 Å². The van der Waals surface area contributed by atoms with Crippen LogP contribution in [0.2, 0.25) is 5.02 Å². The van der Waals surface area contributed by atoms with Crippen molar-refractivity contribution in [3.63, 3.8) is 0 Å². The molecule has 64 valence electrons. The van der Waals surface area contributed by atoms with E-state index < -0.39 is 0 Å². The van der Waals surface area contributed by atoms with E-state index in [9.17, 15) is 4.79 Å². The van der Waals surface area contributed by atoms with Crippen LogP contribution in [0.3, 0.4) is 0 Å². The third kappa shape index (κ3) is 2.31. The first-order valence-corrected chi connectivity index (χ1v) is 4.08. The molecule has 0 aliphatic carbocycles. The third-order valence-corrected chi connectivity index (χ3v) is 1.78. The Bertz CT molecular complexity index is 309. The first-order chi connectivity index (χ1) is 5.59. The molecule has 0 N–H and O–H groups in total. The molecule has 0 unspecified atom stereocenters. The summed E-state index contributed by atoms with van der Waals surface area (Å²) in [5.41, 5.74) is 1.78. The molecule has 1 heterocycles. The highest BCUT2D eigenvalue weighted by Crippen LogP contribution is 2.12. The van der Waals surface area contributed by atoms with Crippen LogP contribution in [0.1, 0.15) is 18.2 Å². The van der Waals surface area contributed by atoms with Gasteiger partial charge in [0.1, 0.15) is 5.78 Å². The van der Waals surface area contributed by atoms with Crippen molar-refractivity contribution in [2.24, 2.45) is 0 Å². The molecule has 0 aliphatic heterocycles. The second kappa shape index (κ2) is 3.68. The van der Waals surface area contributed by atoms with Crippen LogP contribution in [0.4, 0.5) is 0 Å². The standard InChI is InChI=1S/C9H10ClNO/c1-6-3-8(10)5-11-9(6)4-7(2)12/h3,5H,4H2,1-2H3. The molecule has 0 atom stereocenters. The first-order valence-electron chi connectivity index (χ1n) is 3.70. The van der Waals surface area contributed by atoms with Crippen molar-refractivity contribution in [2.45, 2.75) is 20.3 Å². The molecule has 0 aliphatic rings. The minimum Gasteiger partial charge on any atom is -0.300 e. The number of hydrogen-bond acceptors (Lipinski definition) is 2. The Kier molecular flexibility index (Phi) is 2.82. The van der Waals surface area contributed by atoms with E-state index >= 15 is 0 Å². The number of rotatable bonds is 2. The molecule has 3 heteroatoms. The minimum absolute atomic E-state index is 0.118. The molecule has 2 nitrogen and oxygen atoms in total. The second-order valence-electron chi connectivity index (χ2n) is 2.80. The minimum atomic E-state index is 0.118. The van der Waals surface area contributed by atoms with E-state index in [1.165, 1.54) is 0 Å². The van der Waals surface area contributed by atoms with Crippen molar-refractivity contribution >= 4 is 17.4 Å². The topological polar surface area (TPSA) is 30.0 Å². The lowest BCUT2D eigenvalue weighted by molar-refractivity contribution is -0.116. The summed E-state index contributed by atoms with van der Waals surface area (Å²) in [5.74, 6) is 0.118. The fraction of sp³-hybridized carbons (Fsp3) is 0.333. The van der Waals surface area contributed by atoms with E-state index in [0.29, 0.717) is 11.4 Å². The molecule has 0 radical (unpaired) electrons. The number of Topliss-reactive ketones (excluding diaryl/α,β-unsaturated/α-hetero) is 1. The summed E-state index contributed by atoms with van der Waals surface area (Å²) in [6.45, 7) is 3.45. The predicted molar refractivity (Wildman–Crippen MR) is 48.4 cm³/mol.